The number of hydrogen-bond donors (Lipinski definition) is 1. The maximum atomic E-state index is 10.5. The first kappa shape index (κ1) is 17.3. The van der Waals surface area contributed by atoms with Crippen LogP contribution < -0.4 is 14.2 Å². The van der Waals surface area contributed by atoms with Gasteiger partial charge in [0.25, 0.3) is 0 Å². The van der Waals surface area contributed by atoms with E-state index in [0.717, 1.165) is 29.0 Å². The van der Waals surface area contributed by atoms with E-state index >= 15 is 0 Å². The molecule has 2 heterocycles. The van der Waals surface area contributed by atoms with Crippen molar-refractivity contribution in [3.63, 3.8) is 0 Å². The summed E-state index contributed by atoms with van der Waals surface area (Å²) >= 11 is 0. The summed E-state index contributed by atoms with van der Waals surface area (Å²) in [5.74, 6) is 2.62. The van der Waals surface area contributed by atoms with Gasteiger partial charge in [-0.1, -0.05) is 11.2 Å². The van der Waals surface area contributed by atoms with Crippen LogP contribution in [0, 0.1) is 6.92 Å². The van der Waals surface area contributed by atoms with Crippen molar-refractivity contribution in [1.29, 1.82) is 0 Å². The summed E-state index contributed by atoms with van der Waals surface area (Å²) in [6.45, 7) is 5.56. The highest BCUT2D eigenvalue weighted by Gasteiger charge is 2.21. The average Bonchev–Trinajstić information content (AvgIpc) is 2.88. The molecule has 0 saturated heterocycles. The molecule has 1 aromatic heterocycles. The van der Waals surface area contributed by atoms with E-state index in [1.807, 2.05) is 32.0 Å². The molecule has 0 atom stereocenters. The highest BCUT2D eigenvalue weighted by Crippen LogP contribution is 2.42. The molecule has 0 unspecified atom stereocenters. The van der Waals surface area contributed by atoms with Crippen molar-refractivity contribution in [2.45, 2.75) is 20.3 Å². The first-order chi connectivity index (χ1) is 13.2. The van der Waals surface area contributed by atoms with Gasteiger partial charge >= 0.3 is 0 Å². The molecule has 6 heteroatoms. The van der Waals surface area contributed by atoms with Crippen LogP contribution in [0.25, 0.3) is 22.5 Å². The van der Waals surface area contributed by atoms with Crippen LogP contribution in [0.15, 0.2) is 40.9 Å². The van der Waals surface area contributed by atoms with Crippen molar-refractivity contribution in [2.24, 2.45) is 0 Å². The number of benzene rings is 2. The third-order valence-electron chi connectivity index (χ3n) is 4.42. The molecule has 6 nitrogen and oxygen atoms in total. The Morgan fingerprint density at radius 3 is 2.67 bits per heavy atom. The number of phenols is 1. The number of aromatic nitrogens is 1. The van der Waals surface area contributed by atoms with Crippen LogP contribution >= 0.6 is 0 Å². The first-order valence-corrected chi connectivity index (χ1v) is 9.00. The van der Waals surface area contributed by atoms with E-state index in [1.165, 1.54) is 0 Å². The highest BCUT2D eigenvalue weighted by atomic mass is 16.5. The van der Waals surface area contributed by atoms with E-state index in [-0.39, 0.29) is 5.75 Å². The summed E-state index contributed by atoms with van der Waals surface area (Å²) in [7, 11) is 0. The topological polar surface area (TPSA) is 74.0 Å². The Labute approximate surface area is 157 Å². The molecule has 2 aromatic carbocycles. The molecule has 0 aliphatic carbocycles. The Balaban J connectivity index is 1.78. The van der Waals surface area contributed by atoms with E-state index < -0.39 is 0 Å². The SMILES string of the molecule is CCOc1ccc(-c2onc(C)c2-c2ccc3c(c2)OCCCO3)c(O)c1. The Morgan fingerprint density at radius 1 is 1.07 bits per heavy atom. The molecule has 0 saturated carbocycles. The van der Waals surface area contributed by atoms with Crippen molar-refractivity contribution < 1.29 is 23.8 Å². The number of aromatic hydroxyl groups is 1. The minimum atomic E-state index is 0.0766. The molecule has 1 N–H and O–H groups in total. The molecular formula is C21H21NO5. The maximum Gasteiger partial charge on any atom is 0.178 e. The molecule has 4 rings (SSSR count). The van der Waals surface area contributed by atoms with Gasteiger partial charge in [0, 0.05) is 12.5 Å². The molecule has 140 valence electrons. The van der Waals surface area contributed by atoms with Crippen molar-refractivity contribution in [2.75, 3.05) is 19.8 Å². The number of rotatable bonds is 4. The number of hydrogen-bond acceptors (Lipinski definition) is 6. The van der Waals surface area contributed by atoms with Crippen LogP contribution in [-0.2, 0) is 0 Å². The first-order valence-electron chi connectivity index (χ1n) is 9.00. The second-order valence-electron chi connectivity index (χ2n) is 6.30. The molecule has 1 aliphatic heterocycles. The van der Waals surface area contributed by atoms with Gasteiger partial charge in [-0.3, -0.25) is 0 Å². The molecule has 0 radical (unpaired) electrons. The Bertz CT molecular complexity index is 963. The van der Waals surface area contributed by atoms with E-state index in [0.29, 0.717) is 42.6 Å². The quantitative estimate of drug-likeness (QED) is 0.727. The van der Waals surface area contributed by atoms with Crippen molar-refractivity contribution in [3.8, 4) is 45.4 Å². The Kier molecular flexibility index (Phi) is 4.62. The van der Waals surface area contributed by atoms with E-state index in [4.69, 9.17) is 18.7 Å². The van der Waals surface area contributed by atoms with Crippen LogP contribution in [0.5, 0.6) is 23.0 Å². The Hall–Kier alpha value is -3.15. The predicted octanol–water partition coefficient (Wildman–Crippen LogP) is 4.58. The van der Waals surface area contributed by atoms with E-state index in [9.17, 15) is 5.11 Å². The fourth-order valence-electron chi connectivity index (χ4n) is 3.17. The van der Waals surface area contributed by atoms with E-state index in [2.05, 4.69) is 5.16 Å². The smallest absolute Gasteiger partial charge is 0.178 e. The number of nitrogens with zero attached hydrogens (tertiary/aromatic N) is 1. The molecule has 0 spiro atoms. The van der Waals surface area contributed by atoms with Gasteiger partial charge in [0.05, 0.1) is 36.6 Å². The standard InChI is InChI=1S/C21H21NO5/c1-3-24-15-6-7-16(17(23)12-15)21-20(13(2)22-27-21)14-5-8-18-19(11-14)26-10-4-9-25-18/h5-8,11-12,23H,3-4,9-10H2,1-2H3. The second kappa shape index (κ2) is 7.23. The molecule has 27 heavy (non-hydrogen) atoms. The van der Waals surface area contributed by atoms with Gasteiger partial charge in [0.2, 0.25) is 0 Å². The molecule has 0 bridgehead atoms. The summed E-state index contributed by atoms with van der Waals surface area (Å²) in [6, 6.07) is 10.9. The number of aryl methyl sites for hydroxylation is 1. The van der Waals surface area contributed by atoms with Crippen molar-refractivity contribution in [3.05, 3.63) is 42.1 Å². The minimum Gasteiger partial charge on any atom is -0.507 e. The molecule has 0 amide bonds. The Morgan fingerprint density at radius 2 is 1.89 bits per heavy atom. The number of ether oxygens (including phenoxy) is 3. The number of phenolic OH excluding ortho intramolecular Hbond substituents is 1. The van der Waals surface area contributed by atoms with Crippen LogP contribution in [0.4, 0.5) is 0 Å². The van der Waals surface area contributed by atoms with Gasteiger partial charge in [-0.2, -0.15) is 0 Å². The summed E-state index contributed by atoms with van der Waals surface area (Å²) in [4.78, 5) is 0. The molecular weight excluding hydrogens is 346 g/mol. The van der Waals surface area contributed by atoms with Gasteiger partial charge in [0.1, 0.15) is 11.5 Å². The third kappa shape index (κ3) is 3.30. The lowest BCUT2D eigenvalue weighted by atomic mass is 9.99. The summed E-state index contributed by atoms with van der Waals surface area (Å²) in [6.07, 6.45) is 0.849. The monoisotopic (exact) mass is 367 g/mol. The summed E-state index contributed by atoms with van der Waals surface area (Å²) < 4.78 is 22.5. The normalized spacial score (nSPS) is 13.3. The maximum absolute atomic E-state index is 10.5. The average molecular weight is 367 g/mol. The lowest BCUT2D eigenvalue weighted by molar-refractivity contribution is 0.297. The fraction of sp³-hybridized carbons (Fsp3) is 0.286. The van der Waals surface area contributed by atoms with Crippen LogP contribution in [-0.4, -0.2) is 30.1 Å². The molecule has 1 aliphatic rings. The van der Waals surface area contributed by atoms with Crippen LogP contribution in [0.1, 0.15) is 19.0 Å². The second-order valence-corrected chi connectivity index (χ2v) is 6.30. The van der Waals surface area contributed by atoms with Gasteiger partial charge in [-0.05, 0) is 43.7 Å². The van der Waals surface area contributed by atoms with Crippen LogP contribution in [0.2, 0.25) is 0 Å². The molecule has 0 fully saturated rings. The largest absolute Gasteiger partial charge is 0.507 e. The zero-order valence-electron chi connectivity index (χ0n) is 15.3. The third-order valence-corrected chi connectivity index (χ3v) is 4.42. The van der Waals surface area contributed by atoms with Crippen LogP contribution in [0.3, 0.4) is 0 Å². The van der Waals surface area contributed by atoms with Gasteiger partial charge < -0.3 is 23.8 Å². The van der Waals surface area contributed by atoms with Gasteiger partial charge in [0.15, 0.2) is 17.3 Å². The predicted molar refractivity (Wildman–Crippen MR) is 101 cm³/mol. The zero-order chi connectivity index (χ0) is 18.8. The zero-order valence-corrected chi connectivity index (χ0v) is 15.3. The van der Waals surface area contributed by atoms with E-state index in [1.54, 1.807) is 18.2 Å². The van der Waals surface area contributed by atoms with Crippen molar-refractivity contribution in [1.82, 2.24) is 5.16 Å². The molecule has 3 aromatic rings. The van der Waals surface area contributed by atoms with Gasteiger partial charge in [-0.25, -0.2) is 0 Å². The summed E-state index contributed by atoms with van der Waals surface area (Å²) in [5.41, 5.74) is 2.99. The number of fused-ring (bicyclic) bond motifs is 1. The minimum absolute atomic E-state index is 0.0766. The lowest BCUT2D eigenvalue weighted by Crippen LogP contribution is -1.97. The summed E-state index contributed by atoms with van der Waals surface area (Å²) in [5, 5.41) is 14.6. The highest BCUT2D eigenvalue weighted by molar-refractivity contribution is 5.84. The van der Waals surface area contributed by atoms with Gasteiger partial charge in [-0.15, -0.1) is 0 Å². The fourth-order valence-corrected chi connectivity index (χ4v) is 3.17. The lowest BCUT2D eigenvalue weighted by Gasteiger charge is -2.11. The van der Waals surface area contributed by atoms with Crippen molar-refractivity contribution >= 4 is 0 Å².